The molecular formula is C19H29NO2. The van der Waals surface area contributed by atoms with Crippen LogP contribution in [-0.4, -0.2) is 18.1 Å². The van der Waals surface area contributed by atoms with Crippen molar-refractivity contribution in [3.8, 4) is 0 Å². The maximum Gasteiger partial charge on any atom is 0.160 e. The van der Waals surface area contributed by atoms with Gasteiger partial charge in [0.2, 0.25) is 0 Å². The van der Waals surface area contributed by atoms with E-state index in [1.807, 2.05) is 13.8 Å². The van der Waals surface area contributed by atoms with Crippen LogP contribution in [-0.2, 0) is 9.59 Å². The molecule has 1 fully saturated rings. The Morgan fingerprint density at radius 2 is 1.95 bits per heavy atom. The molecule has 3 unspecified atom stereocenters. The number of rotatable bonds is 8. The van der Waals surface area contributed by atoms with Crippen molar-refractivity contribution in [3.05, 3.63) is 22.4 Å². The molecule has 0 bridgehead atoms. The average molecular weight is 303 g/mol. The van der Waals surface area contributed by atoms with Gasteiger partial charge in [0.25, 0.3) is 0 Å². The summed E-state index contributed by atoms with van der Waals surface area (Å²) in [4.78, 5) is 24.2. The van der Waals surface area contributed by atoms with Gasteiger partial charge in [-0.1, -0.05) is 26.3 Å². The summed E-state index contributed by atoms with van der Waals surface area (Å²) in [5, 5.41) is 3.37. The zero-order valence-electron chi connectivity index (χ0n) is 14.6. The van der Waals surface area contributed by atoms with Gasteiger partial charge >= 0.3 is 0 Å². The molecule has 0 spiro atoms. The van der Waals surface area contributed by atoms with Gasteiger partial charge in [-0.05, 0) is 56.9 Å². The first kappa shape index (κ1) is 17.0. The highest BCUT2D eigenvalue weighted by atomic mass is 16.1. The topological polar surface area (TPSA) is 46.2 Å². The summed E-state index contributed by atoms with van der Waals surface area (Å²) < 4.78 is 0. The molecule has 2 aliphatic rings. The number of carbonyl (C=O) groups is 2. The summed E-state index contributed by atoms with van der Waals surface area (Å²) in [6.45, 7) is 10.2. The Kier molecular flexibility index (Phi) is 5.25. The van der Waals surface area contributed by atoms with Crippen molar-refractivity contribution in [1.82, 2.24) is 5.32 Å². The molecule has 1 N–H and O–H groups in total. The van der Waals surface area contributed by atoms with Crippen LogP contribution in [0.15, 0.2) is 22.4 Å². The third-order valence-corrected chi connectivity index (χ3v) is 5.30. The quantitative estimate of drug-likeness (QED) is 0.694. The Morgan fingerprint density at radius 1 is 1.27 bits per heavy atom. The molecule has 3 nitrogen and oxygen atoms in total. The second-order valence-corrected chi connectivity index (χ2v) is 6.89. The van der Waals surface area contributed by atoms with E-state index < -0.39 is 0 Å². The molecule has 3 heteroatoms. The molecular weight excluding hydrogens is 274 g/mol. The number of allylic oxidation sites excluding steroid dienone is 4. The standard InChI is InChI=1S/C19H29NO2/c1-6-11(3)17(22)10-20-16-9-14-8-15(14)19(16)18(13(5)21)12(4)7-2/h11,14-15,20H,6-10H2,1-5H3. The van der Waals surface area contributed by atoms with E-state index in [1.54, 1.807) is 6.92 Å². The largest absolute Gasteiger partial charge is 0.381 e. The van der Waals surface area contributed by atoms with Crippen LogP contribution in [0.25, 0.3) is 0 Å². The fourth-order valence-electron chi connectivity index (χ4n) is 3.42. The Hall–Kier alpha value is -1.38. The number of hydrogen-bond acceptors (Lipinski definition) is 3. The molecule has 0 radical (unpaired) electrons. The van der Waals surface area contributed by atoms with E-state index in [-0.39, 0.29) is 17.5 Å². The Morgan fingerprint density at radius 3 is 2.50 bits per heavy atom. The van der Waals surface area contributed by atoms with Gasteiger partial charge in [0.1, 0.15) is 0 Å². The highest BCUT2D eigenvalue weighted by Crippen LogP contribution is 2.56. The maximum absolute atomic E-state index is 12.1. The highest BCUT2D eigenvalue weighted by molar-refractivity contribution is 5.99. The SMILES string of the molecule is CCC(C)=C(C(C)=O)C1=C(NCC(=O)C(C)CC)CC2CC12. The van der Waals surface area contributed by atoms with E-state index in [0.717, 1.165) is 30.5 Å². The van der Waals surface area contributed by atoms with Crippen molar-refractivity contribution in [2.75, 3.05) is 6.54 Å². The Balaban J connectivity index is 2.22. The van der Waals surface area contributed by atoms with Crippen LogP contribution in [0.4, 0.5) is 0 Å². The van der Waals surface area contributed by atoms with Crippen molar-refractivity contribution in [1.29, 1.82) is 0 Å². The predicted molar refractivity (Wildman–Crippen MR) is 89.4 cm³/mol. The lowest BCUT2D eigenvalue weighted by atomic mass is 9.92. The predicted octanol–water partition coefficient (Wildman–Crippen LogP) is 3.80. The molecule has 3 atom stereocenters. The van der Waals surface area contributed by atoms with Crippen LogP contribution in [0, 0.1) is 17.8 Å². The molecule has 0 aromatic heterocycles. The molecule has 1 saturated carbocycles. The second-order valence-electron chi connectivity index (χ2n) is 6.89. The minimum atomic E-state index is 0.104. The van der Waals surface area contributed by atoms with Crippen LogP contribution in [0.5, 0.6) is 0 Å². The van der Waals surface area contributed by atoms with Crippen LogP contribution in [0.2, 0.25) is 0 Å². The molecule has 2 aliphatic carbocycles. The number of ketones is 2. The fourth-order valence-corrected chi connectivity index (χ4v) is 3.42. The van der Waals surface area contributed by atoms with Crippen molar-refractivity contribution in [2.24, 2.45) is 17.8 Å². The average Bonchev–Trinajstić information content (AvgIpc) is 3.18. The Bertz CT molecular complexity index is 542. The molecule has 0 saturated heterocycles. The number of fused-ring (bicyclic) bond motifs is 1. The van der Waals surface area contributed by atoms with Crippen molar-refractivity contribution in [3.63, 3.8) is 0 Å². The van der Waals surface area contributed by atoms with Crippen LogP contribution in [0.3, 0.4) is 0 Å². The summed E-state index contributed by atoms with van der Waals surface area (Å²) in [5.41, 5.74) is 4.46. The van der Waals surface area contributed by atoms with Gasteiger partial charge < -0.3 is 5.32 Å². The van der Waals surface area contributed by atoms with E-state index in [1.165, 1.54) is 17.6 Å². The summed E-state index contributed by atoms with van der Waals surface area (Å²) in [6, 6.07) is 0. The van der Waals surface area contributed by atoms with Gasteiger partial charge in [-0.3, -0.25) is 9.59 Å². The van der Waals surface area contributed by atoms with E-state index in [0.29, 0.717) is 18.4 Å². The van der Waals surface area contributed by atoms with Gasteiger partial charge in [0.15, 0.2) is 11.6 Å². The van der Waals surface area contributed by atoms with Crippen LogP contribution >= 0.6 is 0 Å². The minimum Gasteiger partial charge on any atom is -0.381 e. The maximum atomic E-state index is 12.1. The lowest BCUT2D eigenvalue weighted by Crippen LogP contribution is -2.27. The van der Waals surface area contributed by atoms with Crippen LogP contribution < -0.4 is 5.32 Å². The smallest absolute Gasteiger partial charge is 0.160 e. The van der Waals surface area contributed by atoms with Crippen molar-refractivity contribution >= 4 is 11.6 Å². The number of carbonyl (C=O) groups excluding carboxylic acids is 2. The van der Waals surface area contributed by atoms with E-state index in [2.05, 4.69) is 19.2 Å². The third-order valence-electron chi connectivity index (χ3n) is 5.30. The summed E-state index contributed by atoms with van der Waals surface area (Å²) >= 11 is 0. The highest BCUT2D eigenvalue weighted by Gasteiger charge is 2.48. The minimum absolute atomic E-state index is 0.104. The number of nitrogens with one attached hydrogen (secondary N) is 1. The monoisotopic (exact) mass is 303 g/mol. The first-order chi connectivity index (χ1) is 10.4. The number of Topliss-reactive ketones (excluding diaryl/α,β-unsaturated/α-hetero) is 2. The van der Waals surface area contributed by atoms with E-state index >= 15 is 0 Å². The van der Waals surface area contributed by atoms with Gasteiger partial charge in [0, 0.05) is 17.2 Å². The molecule has 2 rings (SSSR count). The molecule has 122 valence electrons. The van der Waals surface area contributed by atoms with Crippen LogP contribution in [0.1, 0.15) is 60.3 Å². The lowest BCUT2D eigenvalue weighted by Gasteiger charge is -2.17. The normalized spacial score (nSPS) is 25.5. The first-order valence-corrected chi connectivity index (χ1v) is 8.61. The fraction of sp³-hybridized carbons (Fsp3) is 0.684. The van der Waals surface area contributed by atoms with Gasteiger partial charge in [0.05, 0.1) is 6.54 Å². The third kappa shape index (κ3) is 3.34. The van der Waals surface area contributed by atoms with Crippen molar-refractivity contribution < 1.29 is 9.59 Å². The molecule has 0 heterocycles. The summed E-state index contributed by atoms with van der Waals surface area (Å²) in [7, 11) is 0. The Labute approximate surface area is 134 Å². The lowest BCUT2D eigenvalue weighted by molar-refractivity contribution is -0.121. The van der Waals surface area contributed by atoms with E-state index in [9.17, 15) is 9.59 Å². The zero-order valence-corrected chi connectivity index (χ0v) is 14.6. The second kappa shape index (κ2) is 6.80. The van der Waals surface area contributed by atoms with E-state index in [4.69, 9.17) is 0 Å². The molecule has 0 aromatic rings. The summed E-state index contributed by atoms with van der Waals surface area (Å²) in [5.74, 6) is 1.76. The molecule has 0 aliphatic heterocycles. The molecule has 0 aromatic carbocycles. The summed E-state index contributed by atoms with van der Waals surface area (Å²) in [6.07, 6.45) is 3.98. The first-order valence-electron chi connectivity index (χ1n) is 8.61. The number of hydrogen-bond donors (Lipinski definition) is 1. The zero-order chi connectivity index (χ0) is 16.4. The van der Waals surface area contributed by atoms with Crippen molar-refractivity contribution in [2.45, 2.75) is 60.3 Å². The molecule has 0 amide bonds. The van der Waals surface area contributed by atoms with Gasteiger partial charge in [-0.25, -0.2) is 0 Å². The van der Waals surface area contributed by atoms with Gasteiger partial charge in [-0.15, -0.1) is 0 Å². The van der Waals surface area contributed by atoms with Gasteiger partial charge in [-0.2, -0.15) is 0 Å². The molecule has 22 heavy (non-hydrogen) atoms.